The zero-order valence-corrected chi connectivity index (χ0v) is 7.98. The zero-order valence-electron chi connectivity index (χ0n) is 7.98. The molecule has 0 fully saturated rings. The number of esters is 2. The molecule has 1 unspecified atom stereocenters. The molecule has 0 amide bonds. The van der Waals surface area contributed by atoms with Crippen molar-refractivity contribution in [2.45, 2.75) is 20.0 Å². The normalized spacial score (nSPS) is 11.4. The van der Waals surface area contributed by atoms with Crippen molar-refractivity contribution in [3.8, 4) is 0 Å². The van der Waals surface area contributed by atoms with Gasteiger partial charge in [-0.1, -0.05) is 6.58 Å². The van der Waals surface area contributed by atoms with E-state index in [9.17, 15) is 9.59 Å². The summed E-state index contributed by atoms with van der Waals surface area (Å²) in [6.45, 7) is 6.07. The highest BCUT2D eigenvalue weighted by molar-refractivity contribution is 5.94. The number of hydrogen-bond donors (Lipinski definition) is 2. The summed E-state index contributed by atoms with van der Waals surface area (Å²) in [6.07, 6.45) is -1.05. The van der Waals surface area contributed by atoms with Gasteiger partial charge in [-0.25, -0.2) is 9.59 Å². The maximum absolute atomic E-state index is 10.9. The van der Waals surface area contributed by atoms with Crippen molar-refractivity contribution in [3.63, 3.8) is 0 Å². The number of aliphatic hydroxyl groups excluding tert-OH is 2. The molecule has 0 aliphatic heterocycles. The number of rotatable bonds is 3. The lowest BCUT2D eigenvalue weighted by Gasteiger charge is -2.08. The SMILES string of the molecule is C=CC(=O)OC(=O)C(O)C(O)=C(C)C. The summed E-state index contributed by atoms with van der Waals surface area (Å²) in [6, 6.07) is 0. The Balaban J connectivity index is 4.49. The summed E-state index contributed by atoms with van der Waals surface area (Å²) in [5.74, 6) is -2.73. The van der Waals surface area contributed by atoms with Crippen LogP contribution >= 0.6 is 0 Å². The van der Waals surface area contributed by atoms with E-state index >= 15 is 0 Å². The molecule has 0 saturated carbocycles. The summed E-state index contributed by atoms with van der Waals surface area (Å²) < 4.78 is 4.09. The van der Waals surface area contributed by atoms with E-state index in [0.717, 1.165) is 6.08 Å². The highest BCUT2D eigenvalue weighted by atomic mass is 16.6. The Morgan fingerprint density at radius 2 is 1.93 bits per heavy atom. The van der Waals surface area contributed by atoms with E-state index < -0.39 is 23.8 Å². The van der Waals surface area contributed by atoms with Crippen LogP contribution in [-0.4, -0.2) is 28.3 Å². The molecule has 0 aromatic heterocycles. The maximum Gasteiger partial charge on any atom is 0.350 e. The minimum absolute atomic E-state index is 0.362. The fourth-order valence-electron chi connectivity index (χ4n) is 0.582. The van der Waals surface area contributed by atoms with Crippen LogP contribution in [0.25, 0.3) is 0 Å². The molecule has 14 heavy (non-hydrogen) atoms. The van der Waals surface area contributed by atoms with Gasteiger partial charge in [0.1, 0.15) is 5.76 Å². The van der Waals surface area contributed by atoms with Crippen LogP contribution < -0.4 is 0 Å². The van der Waals surface area contributed by atoms with E-state index in [0.29, 0.717) is 5.57 Å². The Kier molecular flexibility index (Phi) is 4.58. The lowest BCUT2D eigenvalue weighted by atomic mass is 10.2. The van der Waals surface area contributed by atoms with Crippen LogP contribution in [0.3, 0.4) is 0 Å². The first kappa shape index (κ1) is 12.4. The topological polar surface area (TPSA) is 83.8 Å². The van der Waals surface area contributed by atoms with Crippen LogP contribution in [0.1, 0.15) is 13.8 Å². The molecule has 0 saturated heterocycles. The Bertz CT molecular complexity index is 286. The number of ether oxygens (including phenoxy) is 1. The third kappa shape index (κ3) is 3.40. The van der Waals surface area contributed by atoms with Gasteiger partial charge in [-0.15, -0.1) is 0 Å². The molecule has 0 spiro atoms. The van der Waals surface area contributed by atoms with Gasteiger partial charge in [0.25, 0.3) is 0 Å². The van der Waals surface area contributed by atoms with Crippen molar-refractivity contribution in [3.05, 3.63) is 24.0 Å². The quantitative estimate of drug-likeness (QED) is 0.299. The predicted octanol–water partition coefficient (Wildman–Crippen LogP) is 0.455. The van der Waals surface area contributed by atoms with Crippen LogP contribution in [-0.2, 0) is 14.3 Å². The van der Waals surface area contributed by atoms with Gasteiger partial charge < -0.3 is 14.9 Å². The number of carbonyl (C=O) groups is 2. The second kappa shape index (κ2) is 5.18. The van der Waals surface area contributed by atoms with Gasteiger partial charge in [0.05, 0.1) is 0 Å². The van der Waals surface area contributed by atoms with Crippen molar-refractivity contribution in [2.75, 3.05) is 0 Å². The largest absolute Gasteiger partial charge is 0.509 e. The van der Waals surface area contributed by atoms with Crippen LogP contribution in [0.4, 0.5) is 0 Å². The van der Waals surface area contributed by atoms with Crippen LogP contribution in [0.2, 0.25) is 0 Å². The van der Waals surface area contributed by atoms with Crippen molar-refractivity contribution in [2.24, 2.45) is 0 Å². The second-order valence-electron chi connectivity index (χ2n) is 2.73. The maximum atomic E-state index is 10.9. The molecule has 0 rings (SSSR count). The first-order chi connectivity index (χ1) is 6.40. The molecule has 5 nitrogen and oxygen atoms in total. The lowest BCUT2D eigenvalue weighted by molar-refractivity contribution is -0.162. The minimum Gasteiger partial charge on any atom is -0.509 e. The molecule has 1 atom stereocenters. The minimum atomic E-state index is -1.83. The molecule has 0 heterocycles. The zero-order chi connectivity index (χ0) is 11.3. The van der Waals surface area contributed by atoms with Gasteiger partial charge in [-0.3, -0.25) is 0 Å². The molecule has 0 bridgehead atoms. The molecule has 0 aliphatic carbocycles. The molecular weight excluding hydrogens is 188 g/mol. The van der Waals surface area contributed by atoms with Gasteiger partial charge in [0, 0.05) is 6.08 Å². The van der Waals surface area contributed by atoms with Crippen molar-refractivity contribution >= 4 is 11.9 Å². The van der Waals surface area contributed by atoms with Crippen LogP contribution in [0.5, 0.6) is 0 Å². The fraction of sp³-hybridized carbons (Fsp3) is 0.333. The molecule has 2 N–H and O–H groups in total. The van der Waals surface area contributed by atoms with E-state index in [2.05, 4.69) is 11.3 Å². The standard InChI is InChI=1S/C9H12O5/c1-4-6(10)14-9(13)8(12)7(11)5(2)3/h4,8,11-12H,1H2,2-3H3. The number of allylic oxidation sites excluding steroid dienone is 1. The van der Waals surface area contributed by atoms with Crippen molar-refractivity contribution in [1.29, 1.82) is 0 Å². The highest BCUT2D eigenvalue weighted by Gasteiger charge is 2.23. The van der Waals surface area contributed by atoms with Gasteiger partial charge >= 0.3 is 11.9 Å². The fourth-order valence-corrected chi connectivity index (χ4v) is 0.582. The Morgan fingerprint density at radius 1 is 1.43 bits per heavy atom. The number of aliphatic hydroxyl groups is 2. The number of hydrogen-bond acceptors (Lipinski definition) is 5. The smallest absolute Gasteiger partial charge is 0.350 e. The average molecular weight is 200 g/mol. The first-order valence-corrected chi connectivity index (χ1v) is 3.82. The molecule has 0 radical (unpaired) electrons. The summed E-state index contributed by atoms with van der Waals surface area (Å²) in [4.78, 5) is 21.5. The Morgan fingerprint density at radius 3 is 2.29 bits per heavy atom. The van der Waals surface area contributed by atoms with E-state index in [1.54, 1.807) is 0 Å². The molecular formula is C9H12O5. The molecule has 0 aromatic carbocycles. The van der Waals surface area contributed by atoms with Gasteiger partial charge in [0.15, 0.2) is 0 Å². The second-order valence-corrected chi connectivity index (χ2v) is 2.73. The first-order valence-electron chi connectivity index (χ1n) is 3.82. The van der Waals surface area contributed by atoms with Crippen molar-refractivity contribution < 1.29 is 24.5 Å². The highest BCUT2D eigenvalue weighted by Crippen LogP contribution is 2.06. The third-order valence-electron chi connectivity index (χ3n) is 1.36. The van der Waals surface area contributed by atoms with Gasteiger partial charge in [-0.05, 0) is 19.4 Å². The Hall–Kier alpha value is -1.62. The van der Waals surface area contributed by atoms with Gasteiger partial charge in [-0.2, -0.15) is 0 Å². The van der Waals surface area contributed by atoms with Crippen LogP contribution in [0, 0.1) is 0 Å². The summed E-state index contributed by atoms with van der Waals surface area (Å²) >= 11 is 0. The molecule has 5 heteroatoms. The van der Waals surface area contributed by atoms with E-state index in [4.69, 9.17) is 10.2 Å². The molecule has 0 aromatic rings. The molecule has 78 valence electrons. The van der Waals surface area contributed by atoms with Gasteiger partial charge in [0.2, 0.25) is 6.10 Å². The summed E-state index contributed by atoms with van der Waals surface area (Å²) in [5, 5.41) is 18.3. The van der Waals surface area contributed by atoms with E-state index in [1.807, 2.05) is 0 Å². The Labute approximate surface area is 81.3 Å². The number of carbonyl (C=O) groups excluding carboxylic acids is 2. The molecule has 0 aliphatic rings. The monoisotopic (exact) mass is 200 g/mol. The van der Waals surface area contributed by atoms with Crippen molar-refractivity contribution in [1.82, 2.24) is 0 Å². The third-order valence-corrected chi connectivity index (χ3v) is 1.36. The van der Waals surface area contributed by atoms with E-state index in [1.165, 1.54) is 13.8 Å². The lowest BCUT2D eigenvalue weighted by Crippen LogP contribution is -2.27. The average Bonchev–Trinajstić information content (AvgIpc) is 2.14. The summed E-state index contributed by atoms with van der Waals surface area (Å²) in [7, 11) is 0. The van der Waals surface area contributed by atoms with Crippen LogP contribution in [0.15, 0.2) is 24.0 Å². The van der Waals surface area contributed by atoms with E-state index in [-0.39, 0.29) is 0 Å². The predicted molar refractivity (Wildman–Crippen MR) is 48.3 cm³/mol. The summed E-state index contributed by atoms with van der Waals surface area (Å²) in [5.41, 5.74) is 0.362.